The predicted octanol–water partition coefficient (Wildman–Crippen LogP) is 7.90. The van der Waals surface area contributed by atoms with E-state index in [-0.39, 0.29) is 0 Å². The zero-order valence-electron chi connectivity index (χ0n) is 16.9. The summed E-state index contributed by atoms with van der Waals surface area (Å²) < 4.78 is 0. The number of fused-ring (bicyclic) bond motifs is 2. The van der Waals surface area contributed by atoms with E-state index in [0.717, 1.165) is 23.7 Å². The van der Waals surface area contributed by atoms with Crippen LogP contribution in [-0.4, -0.2) is 11.8 Å². The fraction of sp³-hybridized carbons (Fsp3) is 1.00. The highest BCUT2D eigenvalue weighted by molar-refractivity contribution is 7.39. The van der Waals surface area contributed by atoms with E-state index in [1.54, 1.807) is 44.7 Å². The lowest BCUT2D eigenvalue weighted by Crippen LogP contribution is -2.34. The Morgan fingerprint density at radius 3 is 1.96 bits per heavy atom. The number of unbranched alkanes of at least 4 members (excludes halogenated alkanes) is 2. The summed E-state index contributed by atoms with van der Waals surface area (Å²) in [6.45, 7) is 10.9. The molecule has 0 aromatic rings. The van der Waals surface area contributed by atoms with Gasteiger partial charge in [0.15, 0.2) is 0 Å². The average Bonchev–Trinajstić information content (AvgIpc) is 2.78. The molecule has 6 atom stereocenters. The number of hydrogen-bond donors (Lipinski definition) is 0. The van der Waals surface area contributed by atoms with E-state index in [4.69, 9.17) is 0 Å². The first-order valence-electron chi connectivity index (χ1n) is 11.0. The fourth-order valence-electron chi connectivity index (χ4n) is 4.88. The van der Waals surface area contributed by atoms with Gasteiger partial charge in [-0.2, -0.15) is 0 Å². The summed E-state index contributed by atoms with van der Waals surface area (Å²) >= 11 is 0. The molecule has 0 nitrogen and oxygen atoms in total. The minimum atomic E-state index is 1.02. The highest BCUT2D eigenvalue weighted by Crippen LogP contribution is 2.51. The molecular formula is C22H45P. The van der Waals surface area contributed by atoms with Gasteiger partial charge in [0.25, 0.3) is 0 Å². The van der Waals surface area contributed by atoms with Gasteiger partial charge in [-0.05, 0) is 74.0 Å². The molecule has 1 heterocycles. The molecule has 1 saturated heterocycles. The standard InChI is InChI=1S/C15H27P.C5H12.C2H6/c1-11-4-6-12-9-14-3-2-8-16-15(14)10-13(12)7-5-11;1-3-5-4-2;1-2/h11-16H,2-10H2,1H3;3-5H2,1-2H3;1-2H3. The molecule has 0 radical (unpaired) electrons. The van der Waals surface area contributed by atoms with Gasteiger partial charge in [0.2, 0.25) is 0 Å². The van der Waals surface area contributed by atoms with Gasteiger partial charge in [-0.3, -0.25) is 0 Å². The van der Waals surface area contributed by atoms with Crippen LogP contribution < -0.4 is 0 Å². The monoisotopic (exact) mass is 340 g/mol. The molecule has 23 heavy (non-hydrogen) atoms. The molecule has 1 heteroatoms. The second-order valence-electron chi connectivity index (χ2n) is 8.07. The first-order valence-corrected chi connectivity index (χ1v) is 12.3. The molecule has 0 aromatic heterocycles. The molecule has 1 aliphatic heterocycles. The molecule has 0 bridgehead atoms. The molecule has 6 unspecified atom stereocenters. The number of rotatable bonds is 2. The van der Waals surface area contributed by atoms with Crippen molar-refractivity contribution in [1.29, 1.82) is 0 Å². The van der Waals surface area contributed by atoms with Crippen molar-refractivity contribution in [3.8, 4) is 0 Å². The molecule has 3 aliphatic rings. The summed E-state index contributed by atoms with van der Waals surface area (Å²) in [5.41, 5.74) is 1.17. The topological polar surface area (TPSA) is 0 Å². The van der Waals surface area contributed by atoms with E-state index in [9.17, 15) is 0 Å². The van der Waals surface area contributed by atoms with Gasteiger partial charge in [-0.15, -0.1) is 8.58 Å². The zero-order valence-corrected chi connectivity index (χ0v) is 17.9. The lowest BCUT2D eigenvalue weighted by Gasteiger charge is -2.43. The molecule has 0 amide bonds. The Bertz CT molecular complexity index is 249. The first-order chi connectivity index (χ1) is 11.2. The lowest BCUT2D eigenvalue weighted by molar-refractivity contribution is 0.165. The van der Waals surface area contributed by atoms with Crippen LogP contribution in [0.1, 0.15) is 105 Å². The SMILES string of the molecule is CC.CC1CCC2CC3CCCPC3CC2CC1.CCCCC. The quantitative estimate of drug-likeness (QED) is 0.448. The van der Waals surface area contributed by atoms with Crippen LogP contribution >= 0.6 is 8.58 Å². The minimum absolute atomic E-state index is 1.02. The smallest absolute Gasteiger partial charge is 0.0205 e. The summed E-state index contributed by atoms with van der Waals surface area (Å²) in [6.07, 6.45) is 18.2. The summed E-state index contributed by atoms with van der Waals surface area (Å²) in [4.78, 5) is 0. The van der Waals surface area contributed by atoms with Crippen molar-refractivity contribution >= 4 is 8.58 Å². The molecule has 2 aliphatic carbocycles. The molecule has 3 rings (SSSR count). The van der Waals surface area contributed by atoms with Crippen molar-refractivity contribution in [2.75, 3.05) is 6.16 Å². The van der Waals surface area contributed by atoms with Gasteiger partial charge in [-0.1, -0.05) is 66.7 Å². The maximum atomic E-state index is 2.48. The highest BCUT2D eigenvalue weighted by atomic mass is 31.1. The maximum Gasteiger partial charge on any atom is -0.0205 e. The number of hydrogen-bond acceptors (Lipinski definition) is 0. The fourth-order valence-corrected chi connectivity index (χ4v) is 6.76. The molecule has 0 aromatic carbocycles. The van der Waals surface area contributed by atoms with Crippen LogP contribution in [0.25, 0.3) is 0 Å². The molecular weight excluding hydrogens is 295 g/mol. The van der Waals surface area contributed by atoms with Crippen LogP contribution in [0.15, 0.2) is 0 Å². The van der Waals surface area contributed by atoms with Crippen LogP contribution in [0.2, 0.25) is 0 Å². The summed E-state index contributed by atoms with van der Waals surface area (Å²) in [5.74, 6) is 4.45. The van der Waals surface area contributed by atoms with E-state index >= 15 is 0 Å². The van der Waals surface area contributed by atoms with Gasteiger partial charge in [0.1, 0.15) is 0 Å². The molecule has 3 fully saturated rings. The normalized spacial score (nSPS) is 37.2. The molecule has 0 N–H and O–H groups in total. The van der Waals surface area contributed by atoms with Crippen LogP contribution in [0.4, 0.5) is 0 Å². The van der Waals surface area contributed by atoms with Crippen LogP contribution in [0.5, 0.6) is 0 Å². The van der Waals surface area contributed by atoms with Crippen LogP contribution in [0, 0.1) is 23.7 Å². The van der Waals surface area contributed by atoms with Crippen molar-refractivity contribution in [3.05, 3.63) is 0 Å². The van der Waals surface area contributed by atoms with E-state index in [2.05, 4.69) is 20.8 Å². The minimum Gasteiger partial charge on any atom is -0.119 e. The van der Waals surface area contributed by atoms with Crippen molar-refractivity contribution in [2.45, 2.75) is 111 Å². The van der Waals surface area contributed by atoms with Crippen molar-refractivity contribution < 1.29 is 0 Å². The Labute approximate surface area is 149 Å². The van der Waals surface area contributed by atoms with E-state index in [1.165, 1.54) is 46.3 Å². The Hall–Kier alpha value is 0.430. The van der Waals surface area contributed by atoms with Gasteiger partial charge in [0.05, 0.1) is 0 Å². The van der Waals surface area contributed by atoms with E-state index in [0.29, 0.717) is 0 Å². The van der Waals surface area contributed by atoms with Crippen LogP contribution in [0.3, 0.4) is 0 Å². The van der Waals surface area contributed by atoms with Gasteiger partial charge in [0, 0.05) is 0 Å². The Morgan fingerprint density at radius 1 is 0.783 bits per heavy atom. The largest absolute Gasteiger partial charge is 0.119 e. The Kier molecular flexibility index (Phi) is 11.9. The second-order valence-corrected chi connectivity index (χ2v) is 9.72. The lowest BCUT2D eigenvalue weighted by atomic mass is 9.70. The Balaban J connectivity index is 0.000000327. The Morgan fingerprint density at radius 2 is 1.39 bits per heavy atom. The summed E-state index contributed by atoms with van der Waals surface area (Å²) in [6, 6.07) is 0. The second kappa shape index (κ2) is 12.7. The highest BCUT2D eigenvalue weighted by Gasteiger charge is 2.38. The van der Waals surface area contributed by atoms with Crippen molar-refractivity contribution in [2.24, 2.45) is 23.7 Å². The third kappa shape index (κ3) is 7.46. The zero-order chi connectivity index (χ0) is 17.1. The molecule has 138 valence electrons. The van der Waals surface area contributed by atoms with Crippen LogP contribution in [-0.2, 0) is 0 Å². The third-order valence-corrected chi connectivity index (χ3v) is 8.20. The van der Waals surface area contributed by atoms with Gasteiger partial charge in [-0.25, -0.2) is 0 Å². The first kappa shape index (κ1) is 21.5. The van der Waals surface area contributed by atoms with E-state index < -0.39 is 0 Å². The predicted molar refractivity (Wildman–Crippen MR) is 110 cm³/mol. The molecule has 0 spiro atoms. The summed E-state index contributed by atoms with van der Waals surface area (Å²) in [5, 5.41) is 0. The van der Waals surface area contributed by atoms with E-state index in [1.807, 2.05) is 13.8 Å². The van der Waals surface area contributed by atoms with Gasteiger partial charge < -0.3 is 0 Å². The third-order valence-electron chi connectivity index (χ3n) is 6.32. The van der Waals surface area contributed by atoms with Crippen molar-refractivity contribution in [3.63, 3.8) is 0 Å². The maximum absolute atomic E-state index is 2.48. The van der Waals surface area contributed by atoms with Gasteiger partial charge >= 0.3 is 0 Å². The average molecular weight is 341 g/mol. The summed E-state index contributed by atoms with van der Waals surface area (Å²) in [7, 11) is 1.33. The molecule has 2 saturated carbocycles. The van der Waals surface area contributed by atoms with Crippen molar-refractivity contribution in [1.82, 2.24) is 0 Å².